The van der Waals surface area contributed by atoms with Crippen molar-refractivity contribution in [2.24, 2.45) is 0 Å². The third-order valence-corrected chi connectivity index (χ3v) is 4.04. The Kier molecular flexibility index (Phi) is 4.96. The van der Waals surface area contributed by atoms with Crippen LogP contribution in [0.5, 0.6) is 11.5 Å². The first-order valence-electron chi connectivity index (χ1n) is 7.93. The van der Waals surface area contributed by atoms with Crippen molar-refractivity contribution in [1.29, 1.82) is 0 Å². The monoisotopic (exact) mass is 324 g/mol. The van der Waals surface area contributed by atoms with Gasteiger partial charge in [-0.05, 0) is 12.8 Å². The van der Waals surface area contributed by atoms with Crippen LogP contribution in [-0.2, 0) is 22.4 Å². The highest BCUT2D eigenvalue weighted by Crippen LogP contribution is 2.43. The second-order valence-corrected chi connectivity index (χ2v) is 5.51. The summed E-state index contributed by atoms with van der Waals surface area (Å²) in [5.41, 5.74) is 2.07. The number of ether oxygens (including phenoxy) is 3. The van der Waals surface area contributed by atoms with Crippen molar-refractivity contribution in [3.8, 4) is 11.5 Å². The molecule has 2 aromatic rings. The van der Waals surface area contributed by atoms with Gasteiger partial charge in [-0.25, -0.2) is 4.79 Å². The number of allylic oxidation sites excluding steroid dienone is 2. The Morgan fingerprint density at radius 3 is 2.33 bits per heavy atom. The van der Waals surface area contributed by atoms with Crippen LogP contribution < -0.4 is 9.47 Å². The number of esters is 1. The molecule has 0 spiro atoms. The number of methoxy groups -OCH3 is 1. The molecule has 0 aliphatic heterocycles. The lowest BCUT2D eigenvalue weighted by atomic mass is 9.90. The minimum Gasteiger partial charge on any atom is -0.490 e. The molecule has 0 bridgehead atoms. The molecule has 0 N–H and O–H groups in total. The Bertz CT molecular complexity index is 805. The molecule has 4 heteroatoms. The fourth-order valence-electron chi connectivity index (χ4n) is 2.96. The summed E-state index contributed by atoms with van der Waals surface area (Å²) in [4.78, 5) is 11.8. The maximum absolute atomic E-state index is 11.8. The van der Waals surface area contributed by atoms with Crippen molar-refractivity contribution in [3.63, 3.8) is 0 Å². The molecular formula is C20H20O4. The van der Waals surface area contributed by atoms with Crippen LogP contribution in [0.15, 0.2) is 49.1 Å². The zero-order chi connectivity index (χ0) is 16.9. The third kappa shape index (κ3) is 3.05. The summed E-state index contributed by atoms with van der Waals surface area (Å²) in [6.45, 7) is 4.48. The number of hydrogen-bond acceptors (Lipinski definition) is 4. The van der Waals surface area contributed by atoms with Gasteiger partial charge in [-0.3, -0.25) is 0 Å². The summed E-state index contributed by atoms with van der Waals surface area (Å²) in [6, 6.07) is 7.82. The van der Waals surface area contributed by atoms with Crippen molar-refractivity contribution in [1.82, 2.24) is 0 Å². The molecule has 4 nitrogen and oxygen atoms in total. The summed E-state index contributed by atoms with van der Waals surface area (Å²) >= 11 is 0. The second kappa shape index (κ2) is 7.32. The predicted molar refractivity (Wildman–Crippen MR) is 93.7 cm³/mol. The molecule has 1 aliphatic carbocycles. The number of rotatable bonds is 6. The molecule has 0 fully saturated rings. The molecule has 2 aromatic carbocycles. The quantitative estimate of drug-likeness (QED) is 0.268. The summed E-state index contributed by atoms with van der Waals surface area (Å²) in [5.74, 6) is 0.999. The van der Waals surface area contributed by atoms with E-state index in [9.17, 15) is 4.79 Å². The van der Waals surface area contributed by atoms with E-state index in [1.165, 1.54) is 6.08 Å². The molecular weight excluding hydrogens is 304 g/mol. The van der Waals surface area contributed by atoms with Crippen LogP contribution in [0.1, 0.15) is 11.1 Å². The number of hydrogen-bond donors (Lipinski definition) is 0. The average Bonchev–Trinajstić information content (AvgIpc) is 2.63. The number of carbonyl (C=O) groups is 1. The number of carbonyl (C=O) groups excluding carboxylic acids is 1. The topological polar surface area (TPSA) is 44.8 Å². The Hall–Kier alpha value is -2.59. The lowest BCUT2D eigenvalue weighted by molar-refractivity contribution is -0.128. The Morgan fingerprint density at radius 2 is 1.71 bits per heavy atom. The fraction of sp³-hybridized carbons (Fsp3) is 0.250. The van der Waals surface area contributed by atoms with Crippen molar-refractivity contribution in [2.75, 3.05) is 20.3 Å². The van der Waals surface area contributed by atoms with E-state index in [0.717, 1.165) is 34.1 Å². The van der Waals surface area contributed by atoms with Crippen LogP contribution in [0.2, 0.25) is 0 Å². The molecule has 0 saturated carbocycles. The van der Waals surface area contributed by atoms with E-state index >= 15 is 0 Å². The molecule has 0 radical (unpaired) electrons. The van der Waals surface area contributed by atoms with Gasteiger partial charge in [0.15, 0.2) is 0 Å². The lowest BCUT2D eigenvalue weighted by Gasteiger charge is -2.22. The molecule has 24 heavy (non-hydrogen) atoms. The van der Waals surface area contributed by atoms with Crippen LogP contribution in [0, 0.1) is 0 Å². The van der Waals surface area contributed by atoms with E-state index in [1.54, 1.807) is 7.11 Å². The summed E-state index contributed by atoms with van der Waals surface area (Å²) < 4.78 is 16.7. The van der Waals surface area contributed by atoms with Crippen LogP contribution in [0.4, 0.5) is 0 Å². The lowest BCUT2D eigenvalue weighted by Crippen LogP contribution is -2.12. The Balaban J connectivity index is 2.19. The normalized spacial score (nSPS) is 12.7. The van der Waals surface area contributed by atoms with Gasteiger partial charge in [-0.1, -0.05) is 43.0 Å². The van der Waals surface area contributed by atoms with E-state index in [0.29, 0.717) is 25.4 Å². The maximum atomic E-state index is 11.8. The summed E-state index contributed by atoms with van der Waals surface area (Å²) in [6.07, 6.45) is 6.84. The Morgan fingerprint density at radius 1 is 1.08 bits per heavy atom. The largest absolute Gasteiger partial charge is 0.490 e. The average molecular weight is 324 g/mol. The van der Waals surface area contributed by atoms with Crippen LogP contribution in [0.25, 0.3) is 10.8 Å². The first-order chi connectivity index (χ1) is 11.8. The molecule has 124 valence electrons. The van der Waals surface area contributed by atoms with E-state index in [-0.39, 0.29) is 0 Å². The van der Waals surface area contributed by atoms with Gasteiger partial charge in [0.05, 0.1) is 6.61 Å². The highest BCUT2D eigenvalue weighted by Gasteiger charge is 2.23. The van der Waals surface area contributed by atoms with Crippen LogP contribution >= 0.6 is 0 Å². The molecule has 0 atom stereocenters. The smallest absolute Gasteiger partial charge is 0.335 e. The maximum Gasteiger partial charge on any atom is 0.335 e. The highest BCUT2D eigenvalue weighted by molar-refractivity contribution is 5.98. The fourth-order valence-corrected chi connectivity index (χ4v) is 2.96. The van der Waals surface area contributed by atoms with E-state index in [1.807, 2.05) is 24.3 Å². The molecule has 1 aliphatic rings. The first-order valence-corrected chi connectivity index (χ1v) is 7.93. The minimum atomic E-state index is -0.454. The summed E-state index contributed by atoms with van der Waals surface area (Å²) in [7, 11) is 1.65. The minimum absolute atomic E-state index is 0.454. The Labute approximate surface area is 141 Å². The van der Waals surface area contributed by atoms with Gasteiger partial charge < -0.3 is 14.2 Å². The van der Waals surface area contributed by atoms with Crippen molar-refractivity contribution >= 4 is 16.7 Å². The zero-order valence-corrected chi connectivity index (χ0v) is 13.7. The van der Waals surface area contributed by atoms with Crippen molar-refractivity contribution < 1.29 is 19.0 Å². The van der Waals surface area contributed by atoms with Crippen molar-refractivity contribution in [2.45, 2.75) is 12.8 Å². The van der Waals surface area contributed by atoms with E-state index < -0.39 is 5.97 Å². The van der Waals surface area contributed by atoms with E-state index in [2.05, 4.69) is 18.7 Å². The molecule has 0 heterocycles. The van der Waals surface area contributed by atoms with Gasteiger partial charge in [0.25, 0.3) is 0 Å². The molecule has 0 saturated heterocycles. The number of fused-ring (bicyclic) bond motifs is 2. The molecule has 3 rings (SSSR count). The van der Waals surface area contributed by atoms with Gasteiger partial charge in [-0.15, -0.1) is 0 Å². The van der Waals surface area contributed by atoms with Gasteiger partial charge in [-0.2, -0.15) is 0 Å². The SMILES string of the molecule is C=CC(=O)Oc1c2c(c(OCCOC)c3ccccc13)CC=CC2. The van der Waals surface area contributed by atoms with Crippen LogP contribution in [-0.4, -0.2) is 26.3 Å². The predicted octanol–water partition coefficient (Wildman–Crippen LogP) is 3.61. The van der Waals surface area contributed by atoms with Crippen molar-refractivity contribution in [3.05, 3.63) is 60.2 Å². The number of benzene rings is 2. The van der Waals surface area contributed by atoms with Gasteiger partial charge in [0.1, 0.15) is 18.1 Å². The van der Waals surface area contributed by atoms with Gasteiger partial charge in [0, 0.05) is 35.1 Å². The van der Waals surface area contributed by atoms with Gasteiger partial charge in [0.2, 0.25) is 0 Å². The first kappa shape index (κ1) is 16.3. The summed E-state index contributed by atoms with van der Waals surface area (Å²) in [5, 5.41) is 1.81. The molecule has 0 aromatic heterocycles. The third-order valence-electron chi connectivity index (χ3n) is 4.04. The van der Waals surface area contributed by atoms with E-state index in [4.69, 9.17) is 14.2 Å². The zero-order valence-electron chi connectivity index (χ0n) is 13.7. The second-order valence-electron chi connectivity index (χ2n) is 5.51. The highest BCUT2D eigenvalue weighted by atomic mass is 16.5. The molecule has 0 unspecified atom stereocenters. The molecule has 0 amide bonds. The standard InChI is InChI=1S/C20H20O4/c1-3-18(21)24-20-16-10-6-4-8-14(16)19(23-13-12-22-2)15-9-5-7-11-17(15)20/h3-8,10H,1,9,11-13H2,2H3. The van der Waals surface area contributed by atoms with Gasteiger partial charge >= 0.3 is 5.97 Å². The van der Waals surface area contributed by atoms with Crippen LogP contribution in [0.3, 0.4) is 0 Å².